The van der Waals surface area contributed by atoms with Gasteiger partial charge in [-0.1, -0.05) is 29.3 Å². The summed E-state index contributed by atoms with van der Waals surface area (Å²) in [5.74, 6) is -1.86. The minimum absolute atomic E-state index is 0.0211. The summed E-state index contributed by atoms with van der Waals surface area (Å²) in [4.78, 5) is 31.6. The van der Waals surface area contributed by atoms with Crippen LogP contribution < -0.4 is 9.47 Å². The molecule has 170 valence electrons. The Bertz CT molecular complexity index is 1060. The number of nitrogens with zero attached hydrogens (tertiary/aromatic N) is 2. The number of aliphatic hydroxyl groups excluding tert-OH is 1. The average Bonchev–Trinajstić information content (AvgIpc) is 3.04. The van der Waals surface area contributed by atoms with E-state index in [0.29, 0.717) is 18.7 Å². The number of pyridine rings is 1. The molecule has 0 saturated carbocycles. The van der Waals surface area contributed by atoms with Gasteiger partial charge in [-0.25, -0.2) is 0 Å². The summed E-state index contributed by atoms with van der Waals surface area (Å²) in [5.41, 5.74) is 0.344. The summed E-state index contributed by atoms with van der Waals surface area (Å²) in [7, 11) is 4.29. The highest BCUT2D eigenvalue weighted by Gasteiger charge is 2.46. The molecule has 0 spiro atoms. The minimum atomic E-state index is -0.905. The summed E-state index contributed by atoms with van der Waals surface area (Å²) in [6.07, 6.45) is 2.04. The lowest BCUT2D eigenvalue weighted by molar-refractivity contribution is -0.140. The van der Waals surface area contributed by atoms with Crippen LogP contribution in [0.4, 0.5) is 0 Å². The zero-order chi connectivity index (χ0) is 23.4. The van der Waals surface area contributed by atoms with Crippen molar-refractivity contribution in [1.82, 2.24) is 9.88 Å². The van der Waals surface area contributed by atoms with Gasteiger partial charge in [0.25, 0.3) is 11.7 Å². The molecule has 1 unspecified atom stereocenters. The van der Waals surface area contributed by atoms with Crippen LogP contribution in [-0.2, 0) is 14.3 Å². The highest BCUT2D eigenvalue weighted by molar-refractivity contribution is 6.47. The molecule has 1 N–H and O–H groups in total. The number of aliphatic hydroxyl groups is 1. The van der Waals surface area contributed by atoms with Crippen LogP contribution >= 0.6 is 23.2 Å². The van der Waals surface area contributed by atoms with Crippen molar-refractivity contribution in [2.45, 2.75) is 12.5 Å². The normalized spacial score (nSPS) is 17.7. The molecule has 2 aromatic rings. The predicted octanol–water partition coefficient (Wildman–Crippen LogP) is 3.86. The summed E-state index contributed by atoms with van der Waals surface area (Å²) in [6, 6.07) is 5.59. The first-order chi connectivity index (χ1) is 15.4. The van der Waals surface area contributed by atoms with E-state index in [4.69, 9.17) is 37.4 Å². The molecule has 1 aliphatic rings. The number of aromatic nitrogens is 1. The Morgan fingerprint density at radius 3 is 2.47 bits per heavy atom. The van der Waals surface area contributed by atoms with Gasteiger partial charge < -0.3 is 24.2 Å². The van der Waals surface area contributed by atoms with Gasteiger partial charge in [0.1, 0.15) is 16.8 Å². The van der Waals surface area contributed by atoms with Crippen LogP contribution in [0.3, 0.4) is 0 Å². The second kappa shape index (κ2) is 10.2. The number of ketones is 1. The molecule has 1 fully saturated rings. The van der Waals surface area contributed by atoms with E-state index < -0.39 is 23.5 Å². The standard InChI is InChI=1S/C22H22Cl2N2O6/c1-30-10-6-9-26-17(14-7-4-5-8-25-14)15(19(28)22(26)29)18(27)12-11-13(23)21(32-3)16(24)20(12)31-2/h4-5,7-8,11,17,27H,6,9-10H2,1-3H3/b18-15+. The molecule has 1 amide bonds. The van der Waals surface area contributed by atoms with Gasteiger partial charge in [0, 0.05) is 26.5 Å². The molecular weight excluding hydrogens is 459 g/mol. The largest absolute Gasteiger partial charge is 0.507 e. The molecular formula is C22H22Cl2N2O6. The first kappa shape index (κ1) is 23.8. The van der Waals surface area contributed by atoms with Crippen molar-refractivity contribution >= 4 is 40.7 Å². The molecule has 8 nitrogen and oxygen atoms in total. The Morgan fingerprint density at radius 2 is 1.88 bits per heavy atom. The third-order valence-electron chi connectivity index (χ3n) is 5.05. The fourth-order valence-corrected chi connectivity index (χ4v) is 4.31. The van der Waals surface area contributed by atoms with Crippen LogP contribution in [0.1, 0.15) is 23.7 Å². The number of rotatable bonds is 8. The number of Topliss-reactive ketones (excluding diaryl/α,β-unsaturated/α-hetero) is 1. The number of amides is 1. The van der Waals surface area contributed by atoms with E-state index in [9.17, 15) is 14.7 Å². The fourth-order valence-electron chi connectivity index (χ4n) is 3.63. The van der Waals surface area contributed by atoms with E-state index in [-0.39, 0.29) is 39.2 Å². The van der Waals surface area contributed by atoms with Crippen molar-refractivity contribution in [3.63, 3.8) is 0 Å². The van der Waals surface area contributed by atoms with Crippen molar-refractivity contribution in [3.8, 4) is 11.5 Å². The minimum Gasteiger partial charge on any atom is -0.507 e. The quantitative estimate of drug-likeness (QED) is 0.265. The van der Waals surface area contributed by atoms with Crippen LogP contribution in [-0.4, -0.2) is 61.2 Å². The van der Waals surface area contributed by atoms with Crippen LogP contribution in [0.15, 0.2) is 36.0 Å². The smallest absolute Gasteiger partial charge is 0.295 e. The number of hydrogen-bond acceptors (Lipinski definition) is 7. The van der Waals surface area contributed by atoms with Crippen LogP contribution in [0.25, 0.3) is 5.76 Å². The number of carbonyl (C=O) groups is 2. The summed E-state index contributed by atoms with van der Waals surface area (Å²) < 4.78 is 15.6. The zero-order valence-corrected chi connectivity index (χ0v) is 19.2. The molecule has 0 aliphatic carbocycles. The lowest BCUT2D eigenvalue weighted by Gasteiger charge is -2.24. The summed E-state index contributed by atoms with van der Waals surface area (Å²) in [5, 5.41) is 11.4. The number of methoxy groups -OCH3 is 3. The maximum Gasteiger partial charge on any atom is 0.295 e. The number of benzene rings is 1. The maximum absolute atomic E-state index is 13.0. The Labute approximate surface area is 195 Å². The number of hydrogen-bond donors (Lipinski definition) is 1. The van der Waals surface area contributed by atoms with Crippen molar-refractivity contribution < 1.29 is 28.9 Å². The summed E-state index contributed by atoms with van der Waals surface area (Å²) >= 11 is 12.6. The molecule has 1 aromatic heterocycles. The number of halogens is 2. The van der Waals surface area contributed by atoms with Crippen molar-refractivity contribution in [3.05, 3.63) is 57.3 Å². The van der Waals surface area contributed by atoms with Crippen molar-refractivity contribution in [1.29, 1.82) is 0 Å². The van der Waals surface area contributed by atoms with Crippen LogP contribution in [0.2, 0.25) is 10.0 Å². The van der Waals surface area contributed by atoms with E-state index in [0.717, 1.165) is 0 Å². The van der Waals surface area contributed by atoms with E-state index >= 15 is 0 Å². The maximum atomic E-state index is 13.0. The van der Waals surface area contributed by atoms with E-state index in [1.54, 1.807) is 31.5 Å². The monoisotopic (exact) mass is 480 g/mol. The molecule has 0 radical (unpaired) electrons. The van der Waals surface area contributed by atoms with Crippen molar-refractivity contribution in [2.24, 2.45) is 0 Å². The number of likely N-dealkylation sites (tertiary alicyclic amines) is 1. The molecule has 1 saturated heterocycles. The number of carbonyl (C=O) groups excluding carboxylic acids is 2. The first-order valence-electron chi connectivity index (χ1n) is 9.65. The van der Waals surface area contributed by atoms with Gasteiger partial charge in [0.2, 0.25) is 0 Å². The second-order valence-corrected chi connectivity index (χ2v) is 7.67. The lowest BCUT2D eigenvalue weighted by Crippen LogP contribution is -2.31. The van der Waals surface area contributed by atoms with Crippen LogP contribution in [0, 0.1) is 0 Å². The van der Waals surface area contributed by atoms with Gasteiger partial charge in [-0.3, -0.25) is 14.6 Å². The molecule has 10 heteroatoms. The Kier molecular flexibility index (Phi) is 7.60. The molecule has 0 bridgehead atoms. The molecule has 3 rings (SSSR count). The van der Waals surface area contributed by atoms with Gasteiger partial charge in [0.05, 0.1) is 36.1 Å². The highest BCUT2D eigenvalue weighted by Crippen LogP contribution is 2.47. The molecule has 1 aromatic carbocycles. The third-order valence-corrected chi connectivity index (χ3v) is 5.67. The highest BCUT2D eigenvalue weighted by atomic mass is 35.5. The lowest BCUT2D eigenvalue weighted by atomic mass is 9.97. The van der Waals surface area contributed by atoms with Gasteiger partial charge in [-0.2, -0.15) is 0 Å². The molecule has 32 heavy (non-hydrogen) atoms. The van der Waals surface area contributed by atoms with E-state index in [1.165, 1.54) is 25.2 Å². The molecule has 2 heterocycles. The third kappa shape index (κ3) is 4.26. The number of ether oxygens (including phenoxy) is 3. The summed E-state index contributed by atoms with van der Waals surface area (Å²) in [6.45, 7) is 0.632. The zero-order valence-electron chi connectivity index (χ0n) is 17.7. The Hall–Kier alpha value is -2.81. The first-order valence-corrected chi connectivity index (χ1v) is 10.4. The predicted molar refractivity (Wildman–Crippen MR) is 119 cm³/mol. The fraction of sp³-hybridized carbons (Fsp3) is 0.318. The van der Waals surface area contributed by atoms with E-state index in [1.807, 2.05) is 0 Å². The average molecular weight is 481 g/mol. The second-order valence-electron chi connectivity index (χ2n) is 6.88. The van der Waals surface area contributed by atoms with Gasteiger partial charge in [0.15, 0.2) is 11.5 Å². The molecule has 1 aliphatic heterocycles. The molecule has 1 atom stereocenters. The SMILES string of the molecule is COCCCN1C(=O)C(=O)/C(=C(/O)c2cc(Cl)c(OC)c(Cl)c2OC)C1c1ccccn1. The van der Waals surface area contributed by atoms with Gasteiger partial charge in [-0.05, 0) is 24.6 Å². The Morgan fingerprint density at radius 1 is 1.16 bits per heavy atom. The van der Waals surface area contributed by atoms with Crippen molar-refractivity contribution in [2.75, 3.05) is 34.5 Å². The van der Waals surface area contributed by atoms with Crippen LogP contribution in [0.5, 0.6) is 11.5 Å². The van der Waals surface area contributed by atoms with E-state index in [2.05, 4.69) is 4.98 Å². The van der Waals surface area contributed by atoms with Gasteiger partial charge in [-0.15, -0.1) is 0 Å². The van der Waals surface area contributed by atoms with Gasteiger partial charge >= 0.3 is 0 Å². The topological polar surface area (TPSA) is 98.2 Å². The Balaban J connectivity index is 2.23.